The molecule has 0 aromatic carbocycles. The molecule has 4 heteroatoms. The largest absolute Gasteiger partial charge is 0.356 e. The van der Waals surface area contributed by atoms with Crippen LogP contribution in [0.1, 0.15) is 13.3 Å². The van der Waals surface area contributed by atoms with Gasteiger partial charge in [0.05, 0.1) is 0 Å². The molecule has 0 aliphatic rings. The Kier molecular flexibility index (Phi) is 5.78. The van der Waals surface area contributed by atoms with Crippen LogP contribution in [0.4, 0.5) is 0 Å². The Morgan fingerprint density at radius 3 is 2.64 bits per heavy atom. The summed E-state index contributed by atoms with van der Waals surface area (Å²) in [5, 5.41) is 2.74. The van der Waals surface area contributed by atoms with Crippen LogP contribution in [0, 0.1) is 5.92 Å². The molecule has 0 heterocycles. The Hall–Kier alpha value is -0.610. The van der Waals surface area contributed by atoms with Gasteiger partial charge in [-0.2, -0.15) is 0 Å². The van der Waals surface area contributed by atoms with Crippen molar-refractivity contribution < 1.29 is 4.79 Å². The summed E-state index contributed by atoms with van der Waals surface area (Å²) in [7, 11) is 0. The van der Waals surface area contributed by atoms with Crippen molar-refractivity contribution in [3.63, 3.8) is 0 Å². The van der Waals surface area contributed by atoms with E-state index in [1.807, 2.05) is 0 Å². The van der Waals surface area contributed by atoms with Crippen molar-refractivity contribution in [2.24, 2.45) is 17.4 Å². The van der Waals surface area contributed by atoms with Crippen molar-refractivity contribution in [3.8, 4) is 0 Å². The van der Waals surface area contributed by atoms with Gasteiger partial charge in [-0.1, -0.05) is 6.92 Å². The molecule has 1 atom stereocenters. The first-order valence-electron chi connectivity index (χ1n) is 3.90. The van der Waals surface area contributed by atoms with Crippen LogP contribution >= 0.6 is 0 Å². The molecule has 66 valence electrons. The van der Waals surface area contributed by atoms with Gasteiger partial charge < -0.3 is 16.8 Å². The van der Waals surface area contributed by atoms with Gasteiger partial charge in [-0.05, 0) is 13.0 Å². The molecular weight excluding hydrogens is 142 g/mol. The number of carbonyl (C=O) groups is 1. The maximum Gasteiger partial charge on any atom is 0.224 e. The molecule has 0 aliphatic carbocycles. The number of amides is 1. The van der Waals surface area contributed by atoms with Gasteiger partial charge in [0.15, 0.2) is 0 Å². The fourth-order valence-corrected chi connectivity index (χ4v) is 0.595. The molecule has 0 rings (SSSR count). The third kappa shape index (κ3) is 4.75. The summed E-state index contributed by atoms with van der Waals surface area (Å²) < 4.78 is 0. The number of hydrogen-bond donors (Lipinski definition) is 3. The monoisotopic (exact) mass is 159 g/mol. The second-order valence-corrected chi connectivity index (χ2v) is 2.57. The van der Waals surface area contributed by atoms with Crippen LogP contribution in [0.2, 0.25) is 0 Å². The molecule has 5 N–H and O–H groups in total. The van der Waals surface area contributed by atoms with Gasteiger partial charge in [0.1, 0.15) is 0 Å². The standard InChI is InChI=1S/C7H17N3O/c1-6(5-9)7(11)10-4-2-3-8/h6H,2-5,8-9H2,1H3,(H,10,11). The summed E-state index contributed by atoms with van der Waals surface area (Å²) in [5.74, 6) is -0.0753. The Labute approximate surface area is 67.3 Å². The van der Waals surface area contributed by atoms with Crippen LogP contribution in [0.3, 0.4) is 0 Å². The van der Waals surface area contributed by atoms with Crippen molar-refractivity contribution in [1.29, 1.82) is 0 Å². The summed E-state index contributed by atoms with van der Waals surface area (Å²) in [5.41, 5.74) is 10.5. The molecule has 0 aliphatic heterocycles. The minimum atomic E-state index is -0.0900. The lowest BCUT2D eigenvalue weighted by atomic mass is 10.2. The summed E-state index contributed by atoms with van der Waals surface area (Å²) >= 11 is 0. The van der Waals surface area contributed by atoms with Gasteiger partial charge in [0.2, 0.25) is 5.91 Å². The third-order valence-corrected chi connectivity index (χ3v) is 1.48. The van der Waals surface area contributed by atoms with Gasteiger partial charge in [-0.15, -0.1) is 0 Å². The molecule has 0 saturated carbocycles. The number of nitrogens with one attached hydrogen (secondary N) is 1. The van der Waals surface area contributed by atoms with E-state index in [0.717, 1.165) is 6.42 Å². The van der Waals surface area contributed by atoms with E-state index in [-0.39, 0.29) is 11.8 Å². The zero-order chi connectivity index (χ0) is 8.69. The Morgan fingerprint density at radius 1 is 1.55 bits per heavy atom. The van der Waals surface area contributed by atoms with Crippen molar-refractivity contribution in [2.45, 2.75) is 13.3 Å². The smallest absolute Gasteiger partial charge is 0.224 e. The lowest BCUT2D eigenvalue weighted by Crippen LogP contribution is -2.34. The van der Waals surface area contributed by atoms with Crippen LogP contribution < -0.4 is 16.8 Å². The van der Waals surface area contributed by atoms with E-state index in [9.17, 15) is 4.79 Å². The normalized spacial score (nSPS) is 12.6. The zero-order valence-electron chi connectivity index (χ0n) is 6.97. The van der Waals surface area contributed by atoms with Gasteiger partial charge in [-0.3, -0.25) is 4.79 Å². The average Bonchev–Trinajstić information content (AvgIpc) is 2.03. The Bertz CT molecular complexity index is 116. The second kappa shape index (κ2) is 6.12. The summed E-state index contributed by atoms with van der Waals surface area (Å²) in [6.45, 7) is 3.46. The number of hydrogen-bond acceptors (Lipinski definition) is 3. The predicted octanol–water partition coefficient (Wildman–Crippen LogP) is -0.954. The van der Waals surface area contributed by atoms with Crippen LogP contribution in [0.25, 0.3) is 0 Å². The van der Waals surface area contributed by atoms with E-state index < -0.39 is 0 Å². The van der Waals surface area contributed by atoms with Crippen molar-refractivity contribution in [3.05, 3.63) is 0 Å². The first-order chi connectivity index (χ1) is 5.22. The molecule has 1 amide bonds. The van der Waals surface area contributed by atoms with E-state index in [2.05, 4.69) is 5.32 Å². The van der Waals surface area contributed by atoms with Gasteiger partial charge in [-0.25, -0.2) is 0 Å². The summed E-state index contributed by atoms with van der Waals surface area (Å²) in [6, 6.07) is 0. The molecule has 0 saturated heterocycles. The fraction of sp³-hybridized carbons (Fsp3) is 0.857. The molecule has 0 aromatic rings. The van der Waals surface area contributed by atoms with E-state index >= 15 is 0 Å². The van der Waals surface area contributed by atoms with Crippen LogP contribution in [-0.2, 0) is 4.79 Å². The molecule has 0 spiro atoms. The Morgan fingerprint density at radius 2 is 2.18 bits per heavy atom. The van der Waals surface area contributed by atoms with E-state index in [0.29, 0.717) is 19.6 Å². The fourth-order valence-electron chi connectivity index (χ4n) is 0.595. The molecule has 11 heavy (non-hydrogen) atoms. The number of carbonyl (C=O) groups excluding carboxylic acids is 1. The SMILES string of the molecule is CC(CN)C(=O)NCCCN. The molecule has 0 aromatic heterocycles. The van der Waals surface area contributed by atoms with Crippen LogP contribution in [0.5, 0.6) is 0 Å². The number of nitrogens with two attached hydrogens (primary N) is 2. The van der Waals surface area contributed by atoms with Gasteiger partial charge in [0.25, 0.3) is 0 Å². The molecule has 0 radical (unpaired) electrons. The van der Waals surface area contributed by atoms with E-state index in [1.54, 1.807) is 6.92 Å². The third-order valence-electron chi connectivity index (χ3n) is 1.48. The Balaban J connectivity index is 3.36. The average molecular weight is 159 g/mol. The highest BCUT2D eigenvalue weighted by molar-refractivity contribution is 5.78. The minimum absolute atomic E-state index is 0.0148. The van der Waals surface area contributed by atoms with Crippen molar-refractivity contribution >= 4 is 5.91 Å². The lowest BCUT2D eigenvalue weighted by Gasteiger charge is -2.08. The first-order valence-corrected chi connectivity index (χ1v) is 3.90. The lowest BCUT2D eigenvalue weighted by molar-refractivity contribution is -0.124. The maximum atomic E-state index is 11.0. The quantitative estimate of drug-likeness (QED) is 0.452. The summed E-state index contributed by atoms with van der Waals surface area (Å²) in [6.07, 6.45) is 0.822. The highest BCUT2D eigenvalue weighted by Crippen LogP contribution is 1.89. The minimum Gasteiger partial charge on any atom is -0.356 e. The number of rotatable bonds is 5. The topological polar surface area (TPSA) is 81.1 Å². The van der Waals surface area contributed by atoms with E-state index in [1.165, 1.54) is 0 Å². The van der Waals surface area contributed by atoms with Gasteiger partial charge >= 0.3 is 0 Å². The first kappa shape index (κ1) is 10.4. The predicted molar refractivity (Wildman–Crippen MR) is 44.9 cm³/mol. The molecule has 0 fully saturated rings. The van der Waals surface area contributed by atoms with Crippen LogP contribution in [-0.4, -0.2) is 25.5 Å². The molecular formula is C7H17N3O. The molecule has 4 nitrogen and oxygen atoms in total. The summed E-state index contributed by atoms with van der Waals surface area (Å²) in [4.78, 5) is 11.0. The molecule has 1 unspecified atom stereocenters. The maximum absolute atomic E-state index is 11.0. The van der Waals surface area contributed by atoms with Gasteiger partial charge in [0, 0.05) is 19.0 Å². The van der Waals surface area contributed by atoms with E-state index in [4.69, 9.17) is 11.5 Å². The highest BCUT2D eigenvalue weighted by Gasteiger charge is 2.08. The van der Waals surface area contributed by atoms with Crippen molar-refractivity contribution in [2.75, 3.05) is 19.6 Å². The second-order valence-electron chi connectivity index (χ2n) is 2.57. The van der Waals surface area contributed by atoms with Crippen molar-refractivity contribution in [1.82, 2.24) is 5.32 Å². The zero-order valence-corrected chi connectivity index (χ0v) is 6.97. The van der Waals surface area contributed by atoms with Crippen LogP contribution in [0.15, 0.2) is 0 Å². The highest BCUT2D eigenvalue weighted by atomic mass is 16.1. The molecule has 0 bridgehead atoms.